The summed E-state index contributed by atoms with van der Waals surface area (Å²) < 4.78 is 7.28. The Kier molecular flexibility index (Phi) is 5.33. The maximum absolute atomic E-state index is 13.1. The van der Waals surface area contributed by atoms with Crippen molar-refractivity contribution in [1.29, 1.82) is 0 Å². The Morgan fingerprint density at radius 1 is 1.28 bits per heavy atom. The lowest BCUT2D eigenvalue weighted by molar-refractivity contribution is 0.0929. The molecule has 8 heteroatoms. The van der Waals surface area contributed by atoms with Crippen molar-refractivity contribution < 1.29 is 9.32 Å². The molecule has 5 heterocycles. The number of nitrogens with one attached hydrogen (secondary N) is 1. The van der Waals surface area contributed by atoms with Gasteiger partial charge >= 0.3 is 0 Å². The van der Waals surface area contributed by atoms with E-state index in [-0.39, 0.29) is 17.4 Å². The van der Waals surface area contributed by atoms with E-state index in [1.807, 2.05) is 37.5 Å². The molecular weight excluding hydrogens is 406 g/mol. The summed E-state index contributed by atoms with van der Waals surface area (Å²) in [6.45, 7) is 9.90. The summed E-state index contributed by atoms with van der Waals surface area (Å²) >= 11 is 0. The van der Waals surface area contributed by atoms with Crippen molar-refractivity contribution in [3.8, 4) is 0 Å². The summed E-state index contributed by atoms with van der Waals surface area (Å²) in [5.41, 5.74) is 3.72. The quantitative estimate of drug-likeness (QED) is 0.662. The van der Waals surface area contributed by atoms with Gasteiger partial charge in [0.1, 0.15) is 0 Å². The molecule has 1 saturated heterocycles. The second-order valence-corrected chi connectivity index (χ2v) is 9.41. The summed E-state index contributed by atoms with van der Waals surface area (Å²) in [5, 5.41) is 7.76. The first kappa shape index (κ1) is 20.9. The van der Waals surface area contributed by atoms with Crippen LogP contribution in [0.5, 0.6) is 0 Å². The Bertz CT molecular complexity index is 1230. The Morgan fingerprint density at radius 2 is 2.12 bits per heavy atom. The number of amides is 1. The molecule has 0 unspecified atom stereocenters. The molecule has 0 saturated carbocycles. The van der Waals surface area contributed by atoms with E-state index < -0.39 is 0 Å². The third kappa shape index (κ3) is 3.72. The smallest absolute Gasteiger partial charge is 0.259 e. The molecule has 1 N–H and O–H groups in total. The number of carbonyl (C=O) groups is 1. The van der Waals surface area contributed by atoms with Gasteiger partial charge in [-0.2, -0.15) is 0 Å². The van der Waals surface area contributed by atoms with Crippen LogP contribution < -0.4 is 10.9 Å². The molecule has 0 aromatic carbocycles. The van der Waals surface area contributed by atoms with Gasteiger partial charge in [0, 0.05) is 56.1 Å². The minimum atomic E-state index is -0.125. The fourth-order valence-corrected chi connectivity index (χ4v) is 5.19. The molecule has 2 aliphatic heterocycles. The minimum absolute atomic E-state index is 0.103. The Balaban J connectivity index is 1.26. The summed E-state index contributed by atoms with van der Waals surface area (Å²) in [4.78, 5) is 32.2. The number of fused-ring (bicyclic) bond motifs is 5. The number of piperidine rings is 1. The predicted octanol–water partition coefficient (Wildman–Crippen LogP) is 2.67. The zero-order valence-electron chi connectivity index (χ0n) is 18.8. The number of rotatable bonds is 5. The monoisotopic (exact) mass is 435 g/mol. The lowest BCUT2D eigenvalue weighted by Crippen LogP contribution is -2.48. The fourth-order valence-electron chi connectivity index (χ4n) is 5.19. The standard InChI is InChI=1S/C24H29N5O3/c1-14(2)19-10-18(22-15(3)27-32-24(22)26-19)23(31)25-7-8-28-11-16-9-17(13-28)20-5-4-6-21(30)29(20)12-16/h4-6,10,14,16-17H,7-9,11-13H2,1-3H3,(H,25,31)/t16-,17+/m1/s1. The molecule has 1 amide bonds. The maximum atomic E-state index is 13.1. The first-order chi connectivity index (χ1) is 15.4. The molecule has 5 rings (SSSR count). The van der Waals surface area contributed by atoms with Crippen LogP contribution in [0.2, 0.25) is 0 Å². The minimum Gasteiger partial charge on any atom is -0.351 e. The molecule has 3 aromatic heterocycles. The van der Waals surface area contributed by atoms with Crippen LogP contribution in [0, 0.1) is 12.8 Å². The van der Waals surface area contributed by atoms with Crippen molar-refractivity contribution in [1.82, 2.24) is 24.9 Å². The van der Waals surface area contributed by atoms with Gasteiger partial charge in [0.2, 0.25) is 0 Å². The molecule has 0 radical (unpaired) electrons. The Labute approximate surface area is 186 Å². The highest BCUT2D eigenvalue weighted by molar-refractivity contribution is 6.06. The second kappa shape index (κ2) is 8.16. The molecule has 1 fully saturated rings. The molecule has 168 valence electrons. The fraction of sp³-hybridized carbons (Fsp3) is 0.500. The predicted molar refractivity (Wildman–Crippen MR) is 121 cm³/mol. The number of hydrogen-bond donors (Lipinski definition) is 1. The van der Waals surface area contributed by atoms with E-state index in [2.05, 4.69) is 26.4 Å². The first-order valence-corrected chi connectivity index (χ1v) is 11.4. The van der Waals surface area contributed by atoms with Crippen LogP contribution in [0.1, 0.15) is 59.5 Å². The normalized spacial score (nSPS) is 20.5. The molecule has 2 aliphatic rings. The zero-order valence-corrected chi connectivity index (χ0v) is 18.8. The summed E-state index contributed by atoms with van der Waals surface area (Å²) in [5.74, 6) is 0.907. The molecule has 0 aliphatic carbocycles. The molecule has 32 heavy (non-hydrogen) atoms. The van der Waals surface area contributed by atoms with Gasteiger partial charge in [-0.15, -0.1) is 0 Å². The van der Waals surface area contributed by atoms with Crippen molar-refractivity contribution >= 4 is 17.0 Å². The van der Waals surface area contributed by atoms with Crippen LogP contribution in [0.4, 0.5) is 0 Å². The van der Waals surface area contributed by atoms with Gasteiger partial charge in [0.05, 0.1) is 16.6 Å². The van der Waals surface area contributed by atoms with E-state index in [0.717, 1.165) is 44.0 Å². The van der Waals surface area contributed by atoms with E-state index >= 15 is 0 Å². The van der Waals surface area contributed by atoms with Crippen LogP contribution >= 0.6 is 0 Å². The number of pyridine rings is 2. The van der Waals surface area contributed by atoms with Crippen LogP contribution in [-0.4, -0.2) is 51.7 Å². The third-order valence-electron chi connectivity index (χ3n) is 6.74. The van der Waals surface area contributed by atoms with Crippen LogP contribution in [0.3, 0.4) is 0 Å². The van der Waals surface area contributed by atoms with E-state index in [0.29, 0.717) is 40.7 Å². The van der Waals surface area contributed by atoms with Gasteiger partial charge in [-0.1, -0.05) is 25.1 Å². The maximum Gasteiger partial charge on any atom is 0.259 e. The average molecular weight is 436 g/mol. The highest BCUT2D eigenvalue weighted by atomic mass is 16.5. The van der Waals surface area contributed by atoms with Gasteiger partial charge < -0.3 is 19.3 Å². The second-order valence-electron chi connectivity index (χ2n) is 9.41. The van der Waals surface area contributed by atoms with Gasteiger partial charge in [-0.05, 0) is 37.3 Å². The number of nitrogens with zero attached hydrogens (tertiary/aromatic N) is 4. The summed E-state index contributed by atoms with van der Waals surface area (Å²) in [6, 6.07) is 7.44. The topological polar surface area (TPSA) is 93.3 Å². The molecular formula is C24H29N5O3. The highest BCUT2D eigenvalue weighted by Gasteiger charge is 2.34. The number of aromatic nitrogens is 3. The summed E-state index contributed by atoms with van der Waals surface area (Å²) in [7, 11) is 0. The van der Waals surface area contributed by atoms with E-state index in [9.17, 15) is 9.59 Å². The third-order valence-corrected chi connectivity index (χ3v) is 6.74. The highest BCUT2D eigenvalue weighted by Crippen LogP contribution is 2.34. The number of carbonyl (C=O) groups excluding carboxylic acids is 1. The van der Waals surface area contributed by atoms with Crippen molar-refractivity contribution in [2.75, 3.05) is 26.2 Å². The Hall–Kier alpha value is -3.00. The van der Waals surface area contributed by atoms with Gasteiger partial charge in [-0.3, -0.25) is 9.59 Å². The van der Waals surface area contributed by atoms with Gasteiger partial charge in [0.25, 0.3) is 17.2 Å². The van der Waals surface area contributed by atoms with Gasteiger partial charge in [-0.25, -0.2) is 4.98 Å². The van der Waals surface area contributed by atoms with Crippen molar-refractivity contribution in [3.63, 3.8) is 0 Å². The number of hydrogen-bond acceptors (Lipinski definition) is 6. The SMILES string of the molecule is Cc1noc2nc(C(C)C)cc(C(=O)NCCN3C[C@H]4C[C@@H](C3)c3cccc(=O)n3C4)c12. The Morgan fingerprint density at radius 3 is 2.94 bits per heavy atom. The molecule has 8 nitrogen and oxygen atoms in total. The van der Waals surface area contributed by atoms with Crippen molar-refractivity contribution in [2.45, 2.75) is 45.6 Å². The van der Waals surface area contributed by atoms with Crippen LogP contribution in [0.25, 0.3) is 11.1 Å². The number of aryl methyl sites for hydroxylation is 1. The van der Waals surface area contributed by atoms with Gasteiger partial charge in [0.15, 0.2) is 0 Å². The molecule has 0 spiro atoms. The first-order valence-electron chi connectivity index (χ1n) is 11.4. The number of likely N-dealkylation sites (tertiary alicyclic amines) is 1. The van der Waals surface area contributed by atoms with Crippen LogP contribution in [0.15, 0.2) is 33.6 Å². The molecule has 2 bridgehead atoms. The average Bonchev–Trinajstić information content (AvgIpc) is 3.14. The largest absolute Gasteiger partial charge is 0.351 e. The lowest BCUT2D eigenvalue weighted by Gasteiger charge is -2.42. The van der Waals surface area contributed by atoms with Crippen LogP contribution in [-0.2, 0) is 6.54 Å². The van der Waals surface area contributed by atoms with E-state index in [1.54, 1.807) is 6.07 Å². The molecule has 3 aromatic rings. The lowest BCUT2D eigenvalue weighted by atomic mass is 9.83. The summed E-state index contributed by atoms with van der Waals surface area (Å²) in [6.07, 6.45) is 1.13. The molecule has 2 atom stereocenters. The van der Waals surface area contributed by atoms with E-state index in [1.165, 1.54) is 0 Å². The zero-order chi connectivity index (χ0) is 22.4. The van der Waals surface area contributed by atoms with Crippen molar-refractivity contribution in [3.05, 3.63) is 57.3 Å². The van der Waals surface area contributed by atoms with E-state index in [4.69, 9.17) is 4.52 Å². The van der Waals surface area contributed by atoms with Crippen molar-refractivity contribution in [2.24, 2.45) is 5.92 Å².